The summed E-state index contributed by atoms with van der Waals surface area (Å²) in [5.41, 5.74) is 2.74. The van der Waals surface area contributed by atoms with Crippen molar-refractivity contribution in [1.82, 2.24) is 10.1 Å². The molecule has 0 spiro atoms. The second kappa shape index (κ2) is 10.8. The Hall–Kier alpha value is -2.93. The van der Waals surface area contributed by atoms with Gasteiger partial charge < -0.3 is 18.9 Å². The number of nitrogens with zero attached hydrogens (tertiary/aromatic N) is 2. The number of para-hydroxylation sites is 2. The summed E-state index contributed by atoms with van der Waals surface area (Å²) >= 11 is 1.65. The molecule has 174 valence electrons. The number of aromatic nitrogens is 1. The van der Waals surface area contributed by atoms with Crippen LogP contribution in [0.1, 0.15) is 47.1 Å². The smallest absolute Gasteiger partial charge is 0.254 e. The molecule has 0 aliphatic carbocycles. The Kier molecular flexibility index (Phi) is 7.60. The first kappa shape index (κ1) is 23.2. The van der Waals surface area contributed by atoms with Crippen molar-refractivity contribution in [3.63, 3.8) is 0 Å². The van der Waals surface area contributed by atoms with E-state index < -0.39 is 0 Å². The van der Waals surface area contributed by atoms with Gasteiger partial charge in [-0.15, -0.1) is 11.8 Å². The van der Waals surface area contributed by atoms with E-state index in [2.05, 4.69) is 5.16 Å². The number of carbonyl (C=O) groups excluding carboxylic acids is 1. The number of hydrogen-bond donors (Lipinski definition) is 0. The fourth-order valence-corrected chi connectivity index (χ4v) is 5.17. The molecule has 2 heterocycles. The highest BCUT2D eigenvalue weighted by molar-refractivity contribution is 7.98. The van der Waals surface area contributed by atoms with Crippen LogP contribution in [0.25, 0.3) is 0 Å². The van der Waals surface area contributed by atoms with Crippen LogP contribution in [-0.4, -0.2) is 41.8 Å². The maximum atomic E-state index is 13.3. The van der Waals surface area contributed by atoms with Gasteiger partial charge in [0.05, 0.1) is 17.9 Å². The second-order valence-corrected chi connectivity index (χ2v) is 9.09. The monoisotopic (exact) mass is 466 g/mol. The second-order valence-electron chi connectivity index (χ2n) is 8.08. The summed E-state index contributed by atoms with van der Waals surface area (Å²) in [5, 5.41) is 4.03. The lowest BCUT2D eigenvalue weighted by Gasteiger charge is -2.33. The molecule has 3 aromatic rings. The van der Waals surface area contributed by atoms with E-state index in [4.69, 9.17) is 14.0 Å². The van der Waals surface area contributed by atoms with Gasteiger partial charge in [-0.05, 0) is 45.0 Å². The lowest BCUT2D eigenvalue weighted by molar-refractivity contribution is 0.0586. The molecule has 1 aliphatic rings. The average molecular weight is 467 g/mol. The van der Waals surface area contributed by atoms with E-state index >= 15 is 0 Å². The van der Waals surface area contributed by atoms with Gasteiger partial charge in [0.15, 0.2) is 11.5 Å². The lowest BCUT2D eigenvalue weighted by atomic mass is 10.1. The molecule has 1 aliphatic heterocycles. The van der Waals surface area contributed by atoms with Gasteiger partial charge >= 0.3 is 0 Å². The van der Waals surface area contributed by atoms with Crippen LogP contribution in [-0.2, 0) is 5.75 Å². The molecule has 0 atom stereocenters. The van der Waals surface area contributed by atoms with E-state index in [-0.39, 0.29) is 12.0 Å². The first-order valence-electron chi connectivity index (χ1n) is 11.4. The highest BCUT2D eigenvalue weighted by atomic mass is 32.2. The predicted octanol–water partition coefficient (Wildman–Crippen LogP) is 5.67. The Morgan fingerprint density at radius 3 is 2.48 bits per heavy atom. The Morgan fingerprint density at radius 2 is 1.79 bits per heavy atom. The van der Waals surface area contributed by atoms with E-state index in [0.29, 0.717) is 19.7 Å². The van der Waals surface area contributed by atoms with Crippen LogP contribution in [0.15, 0.2) is 57.9 Å². The molecule has 0 radical (unpaired) electrons. The lowest BCUT2D eigenvalue weighted by Crippen LogP contribution is -2.42. The highest BCUT2D eigenvalue weighted by Gasteiger charge is 2.26. The largest absolute Gasteiger partial charge is 0.490 e. The minimum Gasteiger partial charge on any atom is -0.490 e. The molecule has 0 N–H and O–H groups in total. The van der Waals surface area contributed by atoms with Crippen LogP contribution >= 0.6 is 11.8 Å². The molecule has 7 heteroatoms. The average Bonchev–Trinajstić information content (AvgIpc) is 3.16. The number of aryl methyl sites for hydroxylation is 2. The fraction of sp³-hybridized carbons (Fsp3) is 0.385. The van der Waals surface area contributed by atoms with Crippen molar-refractivity contribution in [2.75, 3.05) is 19.7 Å². The number of thioether (sulfide) groups is 1. The first-order valence-corrected chi connectivity index (χ1v) is 12.4. The van der Waals surface area contributed by atoms with Crippen LogP contribution in [0.5, 0.6) is 11.5 Å². The van der Waals surface area contributed by atoms with Crippen molar-refractivity contribution < 1.29 is 18.8 Å². The maximum absolute atomic E-state index is 13.3. The third kappa shape index (κ3) is 5.53. The molecule has 0 bridgehead atoms. The van der Waals surface area contributed by atoms with Crippen molar-refractivity contribution in [3.05, 3.63) is 71.1 Å². The summed E-state index contributed by atoms with van der Waals surface area (Å²) in [6.07, 6.45) is 1.65. The summed E-state index contributed by atoms with van der Waals surface area (Å²) in [5.74, 6) is 3.16. The van der Waals surface area contributed by atoms with Gasteiger partial charge in [-0.3, -0.25) is 4.79 Å². The molecule has 1 fully saturated rings. The minimum atomic E-state index is 0.0693. The number of carbonyl (C=O) groups is 1. The minimum absolute atomic E-state index is 0.0693. The Balaban J connectivity index is 1.37. The molecular weight excluding hydrogens is 436 g/mol. The number of hydrogen-bond acceptors (Lipinski definition) is 6. The van der Waals surface area contributed by atoms with Crippen LogP contribution < -0.4 is 9.47 Å². The van der Waals surface area contributed by atoms with Gasteiger partial charge in [0.2, 0.25) is 0 Å². The zero-order valence-corrected chi connectivity index (χ0v) is 20.2. The predicted molar refractivity (Wildman–Crippen MR) is 129 cm³/mol. The third-order valence-electron chi connectivity index (χ3n) is 5.84. The number of benzene rings is 2. The molecule has 0 unspecified atom stereocenters. The van der Waals surface area contributed by atoms with Gasteiger partial charge in [-0.1, -0.05) is 29.4 Å². The zero-order chi connectivity index (χ0) is 23.2. The van der Waals surface area contributed by atoms with E-state index in [0.717, 1.165) is 57.6 Å². The van der Waals surface area contributed by atoms with Gasteiger partial charge in [-0.2, -0.15) is 0 Å². The van der Waals surface area contributed by atoms with E-state index in [1.165, 1.54) is 0 Å². The van der Waals surface area contributed by atoms with Crippen molar-refractivity contribution >= 4 is 17.7 Å². The van der Waals surface area contributed by atoms with Crippen molar-refractivity contribution in [1.29, 1.82) is 0 Å². The number of rotatable bonds is 8. The summed E-state index contributed by atoms with van der Waals surface area (Å²) in [6.45, 7) is 7.77. The molecule has 0 saturated carbocycles. The zero-order valence-electron chi connectivity index (χ0n) is 19.4. The first-order chi connectivity index (χ1) is 16.1. The maximum Gasteiger partial charge on any atom is 0.254 e. The van der Waals surface area contributed by atoms with Gasteiger partial charge in [0, 0.05) is 42.1 Å². The molecule has 2 aromatic carbocycles. The van der Waals surface area contributed by atoms with Crippen LogP contribution in [0.2, 0.25) is 0 Å². The molecule has 33 heavy (non-hydrogen) atoms. The Bertz CT molecular complexity index is 1070. The number of amides is 1. The highest BCUT2D eigenvalue weighted by Crippen LogP contribution is 2.32. The molecule has 1 aromatic heterocycles. The van der Waals surface area contributed by atoms with E-state index in [1.807, 2.05) is 74.2 Å². The molecular formula is C26H30N2O4S. The number of ether oxygens (including phenoxy) is 2. The Labute approximate surface area is 199 Å². The van der Waals surface area contributed by atoms with Crippen molar-refractivity contribution in [2.45, 2.75) is 50.4 Å². The van der Waals surface area contributed by atoms with Crippen molar-refractivity contribution in [2.24, 2.45) is 0 Å². The molecule has 1 amide bonds. The van der Waals surface area contributed by atoms with Crippen molar-refractivity contribution in [3.8, 4) is 11.5 Å². The van der Waals surface area contributed by atoms with Crippen LogP contribution in [0, 0.1) is 13.8 Å². The summed E-state index contributed by atoms with van der Waals surface area (Å²) < 4.78 is 17.2. The third-order valence-corrected chi connectivity index (χ3v) is 6.94. The van der Waals surface area contributed by atoms with Gasteiger partial charge in [0.1, 0.15) is 11.9 Å². The quantitative estimate of drug-likeness (QED) is 0.399. The van der Waals surface area contributed by atoms with E-state index in [1.54, 1.807) is 11.8 Å². The molecule has 1 saturated heterocycles. The topological polar surface area (TPSA) is 64.8 Å². The summed E-state index contributed by atoms with van der Waals surface area (Å²) in [7, 11) is 0. The fourth-order valence-electron chi connectivity index (χ4n) is 3.98. The normalized spacial score (nSPS) is 14.3. The summed E-state index contributed by atoms with van der Waals surface area (Å²) in [4.78, 5) is 16.3. The standard InChI is InChI=1S/C26H30N2O4S/c1-4-30-23-10-6-7-11-24(23)31-20-13-15-28(16-14-20)26(29)21-9-5-8-12-25(21)33-17-22-18(2)27-32-19(22)3/h5-12,20H,4,13-17H2,1-3H3. The Morgan fingerprint density at radius 1 is 1.09 bits per heavy atom. The van der Waals surface area contributed by atoms with Crippen LogP contribution in [0.3, 0.4) is 0 Å². The van der Waals surface area contributed by atoms with Crippen LogP contribution in [0.4, 0.5) is 0 Å². The number of piperidine rings is 1. The summed E-state index contributed by atoms with van der Waals surface area (Å²) in [6, 6.07) is 15.6. The molecule has 4 rings (SSSR count). The van der Waals surface area contributed by atoms with E-state index in [9.17, 15) is 4.79 Å². The SMILES string of the molecule is CCOc1ccccc1OC1CCN(C(=O)c2ccccc2SCc2c(C)noc2C)CC1. The van der Waals surface area contributed by atoms with Gasteiger partial charge in [-0.25, -0.2) is 0 Å². The number of likely N-dealkylation sites (tertiary alicyclic amines) is 1. The molecule has 6 nitrogen and oxygen atoms in total. The van der Waals surface area contributed by atoms with Gasteiger partial charge in [0.25, 0.3) is 5.91 Å².